The number of aromatic amines is 1. The summed E-state index contributed by atoms with van der Waals surface area (Å²) in [6.07, 6.45) is 3.75. The second-order valence-corrected chi connectivity index (χ2v) is 3.55. The normalized spacial score (nSPS) is 10.1. The summed E-state index contributed by atoms with van der Waals surface area (Å²) in [5.41, 5.74) is 2.45. The van der Waals surface area contributed by atoms with Gasteiger partial charge in [0, 0.05) is 12.3 Å². The quantitative estimate of drug-likeness (QED) is 0.807. The Bertz CT molecular complexity index is 453. The highest BCUT2D eigenvalue weighted by atomic mass is 16.1. The van der Waals surface area contributed by atoms with Gasteiger partial charge in [0.25, 0.3) is 0 Å². The minimum absolute atomic E-state index is 0.0431. The smallest absolute Gasteiger partial charge is 0.247 e. The highest BCUT2D eigenvalue weighted by molar-refractivity contribution is 5.17. The third-order valence-corrected chi connectivity index (χ3v) is 2.39. The van der Waals surface area contributed by atoms with Crippen molar-refractivity contribution in [3.63, 3.8) is 0 Å². The SMILES string of the molecule is O=c1ccc(CCc2ccccc2)c[nH]1. The molecule has 0 unspecified atom stereocenters. The maximum absolute atomic E-state index is 10.8. The van der Waals surface area contributed by atoms with E-state index in [4.69, 9.17) is 0 Å². The van der Waals surface area contributed by atoms with Gasteiger partial charge in [0.05, 0.1) is 0 Å². The summed E-state index contributed by atoms with van der Waals surface area (Å²) in [7, 11) is 0. The van der Waals surface area contributed by atoms with Gasteiger partial charge in [0.2, 0.25) is 5.56 Å². The Morgan fingerprint density at radius 2 is 1.60 bits per heavy atom. The van der Waals surface area contributed by atoms with E-state index in [2.05, 4.69) is 17.1 Å². The minimum Gasteiger partial charge on any atom is -0.329 e. The monoisotopic (exact) mass is 199 g/mol. The molecule has 0 aliphatic rings. The van der Waals surface area contributed by atoms with E-state index in [1.807, 2.05) is 24.3 Å². The van der Waals surface area contributed by atoms with Crippen molar-refractivity contribution in [1.82, 2.24) is 4.98 Å². The number of nitrogens with one attached hydrogen (secondary N) is 1. The maximum Gasteiger partial charge on any atom is 0.247 e. The van der Waals surface area contributed by atoms with Crippen molar-refractivity contribution >= 4 is 0 Å². The van der Waals surface area contributed by atoms with Gasteiger partial charge in [-0.3, -0.25) is 4.79 Å². The van der Waals surface area contributed by atoms with Gasteiger partial charge in [-0.2, -0.15) is 0 Å². The third kappa shape index (κ3) is 2.81. The van der Waals surface area contributed by atoms with Gasteiger partial charge in [-0.15, -0.1) is 0 Å². The second kappa shape index (κ2) is 4.60. The van der Waals surface area contributed by atoms with Crippen molar-refractivity contribution in [2.24, 2.45) is 0 Å². The fourth-order valence-electron chi connectivity index (χ4n) is 1.53. The van der Waals surface area contributed by atoms with Gasteiger partial charge in [-0.05, 0) is 24.0 Å². The van der Waals surface area contributed by atoms with E-state index in [1.165, 1.54) is 11.1 Å². The van der Waals surface area contributed by atoms with Crippen molar-refractivity contribution < 1.29 is 0 Å². The van der Waals surface area contributed by atoms with Crippen LogP contribution in [0.5, 0.6) is 0 Å². The topological polar surface area (TPSA) is 32.9 Å². The lowest BCUT2D eigenvalue weighted by molar-refractivity contribution is 0.946. The number of rotatable bonds is 3. The van der Waals surface area contributed by atoms with Crippen LogP contribution in [0.1, 0.15) is 11.1 Å². The number of aryl methyl sites for hydroxylation is 2. The molecule has 0 radical (unpaired) electrons. The Kier molecular flexibility index (Phi) is 2.98. The van der Waals surface area contributed by atoms with Gasteiger partial charge in [0.1, 0.15) is 0 Å². The zero-order chi connectivity index (χ0) is 10.5. The zero-order valence-electron chi connectivity index (χ0n) is 8.44. The van der Waals surface area contributed by atoms with E-state index in [-0.39, 0.29) is 5.56 Å². The van der Waals surface area contributed by atoms with E-state index in [1.54, 1.807) is 12.3 Å². The Hall–Kier alpha value is -1.83. The van der Waals surface area contributed by atoms with E-state index >= 15 is 0 Å². The predicted octanol–water partition coefficient (Wildman–Crippen LogP) is 2.16. The summed E-state index contributed by atoms with van der Waals surface area (Å²) in [6.45, 7) is 0. The molecule has 0 atom stereocenters. The van der Waals surface area contributed by atoms with E-state index in [0.717, 1.165) is 12.8 Å². The molecule has 2 aromatic rings. The predicted molar refractivity (Wildman–Crippen MR) is 60.9 cm³/mol. The van der Waals surface area contributed by atoms with Crippen molar-refractivity contribution in [1.29, 1.82) is 0 Å². The minimum atomic E-state index is -0.0431. The molecule has 0 amide bonds. The first-order valence-corrected chi connectivity index (χ1v) is 5.06. The number of aromatic nitrogens is 1. The molecule has 1 aromatic carbocycles. The maximum atomic E-state index is 10.8. The van der Waals surface area contributed by atoms with E-state index < -0.39 is 0 Å². The van der Waals surface area contributed by atoms with Crippen LogP contribution >= 0.6 is 0 Å². The van der Waals surface area contributed by atoms with Crippen LogP contribution in [0.4, 0.5) is 0 Å². The molecule has 0 saturated carbocycles. The van der Waals surface area contributed by atoms with Crippen LogP contribution < -0.4 is 5.56 Å². The van der Waals surface area contributed by atoms with Crippen molar-refractivity contribution in [3.8, 4) is 0 Å². The Balaban J connectivity index is 1.99. The highest BCUT2D eigenvalue weighted by Gasteiger charge is 1.94. The lowest BCUT2D eigenvalue weighted by Gasteiger charge is -2.00. The molecule has 15 heavy (non-hydrogen) atoms. The summed E-state index contributed by atoms with van der Waals surface area (Å²) in [5, 5.41) is 0. The molecule has 0 aliphatic carbocycles. The van der Waals surface area contributed by atoms with Crippen LogP contribution in [0.3, 0.4) is 0 Å². The summed E-state index contributed by atoms with van der Waals surface area (Å²) in [5.74, 6) is 0. The number of benzene rings is 1. The average molecular weight is 199 g/mol. The largest absolute Gasteiger partial charge is 0.329 e. The van der Waals surface area contributed by atoms with Crippen LogP contribution in [-0.4, -0.2) is 4.98 Å². The van der Waals surface area contributed by atoms with Crippen LogP contribution in [-0.2, 0) is 12.8 Å². The fourth-order valence-corrected chi connectivity index (χ4v) is 1.53. The Morgan fingerprint density at radius 1 is 0.867 bits per heavy atom. The van der Waals surface area contributed by atoms with Gasteiger partial charge >= 0.3 is 0 Å². The number of pyridine rings is 1. The molecular weight excluding hydrogens is 186 g/mol. The molecule has 1 heterocycles. The van der Waals surface area contributed by atoms with Gasteiger partial charge in [-0.1, -0.05) is 36.4 Å². The van der Waals surface area contributed by atoms with Crippen molar-refractivity contribution in [2.75, 3.05) is 0 Å². The van der Waals surface area contributed by atoms with Crippen LogP contribution in [0.2, 0.25) is 0 Å². The molecule has 1 N–H and O–H groups in total. The van der Waals surface area contributed by atoms with E-state index in [9.17, 15) is 4.79 Å². The zero-order valence-corrected chi connectivity index (χ0v) is 8.44. The van der Waals surface area contributed by atoms with Gasteiger partial charge in [-0.25, -0.2) is 0 Å². The van der Waals surface area contributed by atoms with Crippen LogP contribution in [0.15, 0.2) is 53.5 Å². The van der Waals surface area contributed by atoms with Crippen LogP contribution in [0.25, 0.3) is 0 Å². The van der Waals surface area contributed by atoms with Crippen molar-refractivity contribution in [3.05, 3.63) is 70.1 Å². The summed E-state index contributed by atoms with van der Waals surface area (Å²) >= 11 is 0. The van der Waals surface area contributed by atoms with Gasteiger partial charge in [0.15, 0.2) is 0 Å². The Morgan fingerprint density at radius 3 is 2.27 bits per heavy atom. The molecule has 2 rings (SSSR count). The summed E-state index contributed by atoms with van der Waals surface area (Å²) < 4.78 is 0. The lowest BCUT2D eigenvalue weighted by atomic mass is 10.1. The molecule has 76 valence electrons. The molecule has 0 fully saturated rings. The third-order valence-electron chi connectivity index (χ3n) is 2.39. The molecule has 0 spiro atoms. The first kappa shape index (κ1) is 9.71. The molecule has 0 aliphatic heterocycles. The first-order chi connectivity index (χ1) is 7.34. The van der Waals surface area contributed by atoms with Crippen LogP contribution in [0, 0.1) is 0 Å². The summed E-state index contributed by atoms with van der Waals surface area (Å²) in [4.78, 5) is 13.5. The fraction of sp³-hybridized carbons (Fsp3) is 0.154. The average Bonchev–Trinajstić information content (AvgIpc) is 2.30. The molecule has 2 nitrogen and oxygen atoms in total. The summed E-state index contributed by atoms with van der Waals surface area (Å²) in [6, 6.07) is 13.8. The molecular formula is C13H13NO. The molecule has 0 saturated heterocycles. The second-order valence-electron chi connectivity index (χ2n) is 3.55. The molecule has 0 bridgehead atoms. The standard InChI is InChI=1S/C13H13NO/c15-13-9-8-12(10-14-13)7-6-11-4-2-1-3-5-11/h1-5,8-10H,6-7H2,(H,14,15). The first-order valence-electron chi connectivity index (χ1n) is 5.06. The number of hydrogen-bond acceptors (Lipinski definition) is 1. The lowest BCUT2D eigenvalue weighted by Crippen LogP contribution is -2.03. The van der Waals surface area contributed by atoms with E-state index in [0.29, 0.717) is 0 Å². The van der Waals surface area contributed by atoms with Crippen molar-refractivity contribution in [2.45, 2.75) is 12.8 Å². The van der Waals surface area contributed by atoms with Gasteiger partial charge < -0.3 is 4.98 Å². The highest BCUT2D eigenvalue weighted by Crippen LogP contribution is 2.04. The molecule has 2 heteroatoms. The number of H-pyrrole nitrogens is 1. The molecule has 1 aromatic heterocycles. The Labute approximate surface area is 88.6 Å². The number of hydrogen-bond donors (Lipinski definition) is 1.